The number of carbonyl (C=O) groups is 1. The van der Waals surface area contributed by atoms with E-state index >= 15 is 0 Å². The Bertz CT molecular complexity index is 305. The first-order valence-electron chi connectivity index (χ1n) is 3.83. The number of hydrogen-bond acceptors (Lipinski definition) is 3. The van der Waals surface area contributed by atoms with Crippen LogP contribution in [-0.4, -0.2) is 53.2 Å². The van der Waals surface area contributed by atoms with Crippen molar-refractivity contribution in [2.24, 2.45) is 5.84 Å². The summed E-state index contributed by atoms with van der Waals surface area (Å²) in [6, 6.07) is 9.40. The number of nitrogens with two attached hydrogens (primary N) is 1. The van der Waals surface area contributed by atoms with Gasteiger partial charge in [-0.05, 0) is 0 Å². The van der Waals surface area contributed by atoms with E-state index in [-0.39, 0.29) is 49.0 Å². The van der Waals surface area contributed by atoms with Gasteiger partial charge in [-0.1, -0.05) is 12.2 Å². The van der Waals surface area contributed by atoms with Crippen molar-refractivity contribution >= 4 is 78.0 Å². The molecule has 0 saturated carbocycles. The van der Waals surface area contributed by atoms with Crippen LogP contribution in [0.2, 0.25) is 0 Å². The molecule has 0 unspecified atom stereocenters. The second kappa shape index (κ2) is 8.99. The third-order valence-corrected chi connectivity index (χ3v) is 2.45. The van der Waals surface area contributed by atoms with Crippen molar-refractivity contribution < 1.29 is 4.79 Å². The average molecular weight is 252 g/mol. The summed E-state index contributed by atoms with van der Waals surface area (Å²) in [4.78, 5) is 10.7. The Morgan fingerprint density at radius 3 is 2.07 bits per heavy atom. The molecule has 0 spiro atoms. The van der Waals surface area contributed by atoms with E-state index in [1.165, 1.54) is 0 Å². The Kier molecular flexibility index (Phi) is 9.46. The molecule has 0 aliphatic rings. The first kappa shape index (κ1) is 14.7. The van der Waals surface area contributed by atoms with Gasteiger partial charge in [0.15, 0.2) is 0 Å². The normalized spacial score (nSPS) is 8.29. The van der Waals surface area contributed by atoms with Crippen molar-refractivity contribution in [3.8, 4) is 0 Å². The van der Waals surface area contributed by atoms with Crippen molar-refractivity contribution in [1.29, 1.82) is 0 Å². The van der Waals surface area contributed by atoms with Gasteiger partial charge in [0.05, 0.1) is 0 Å². The molecule has 0 aliphatic heterocycles. The third-order valence-electron chi connectivity index (χ3n) is 1.30. The van der Waals surface area contributed by atoms with E-state index in [0.717, 1.165) is 5.56 Å². The second-order valence-electron chi connectivity index (χ2n) is 2.37. The zero-order valence-corrected chi connectivity index (χ0v) is 12.6. The maximum atomic E-state index is 10.7. The number of hydrogen-bond donors (Lipinski definition) is 3. The van der Waals surface area contributed by atoms with E-state index in [2.05, 4.69) is 30.3 Å². The van der Waals surface area contributed by atoms with E-state index in [1.54, 1.807) is 0 Å². The van der Waals surface area contributed by atoms with Crippen LogP contribution in [0.5, 0.6) is 0 Å². The SMILES string of the molecule is NNC(=S)S.O=[C]([K])c1ccccc1. The molecule has 0 amide bonds. The van der Waals surface area contributed by atoms with Crippen LogP contribution in [0.3, 0.4) is 0 Å². The number of thiocarbonyl (C=S) groups is 1. The topological polar surface area (TPSA) is 55.1 Å². The second-order valence-corrected chi connectivity index (χ2v) is 4.95. The fourth-order valence-corrected chi connectivity index (χ4v) is 1.19. The molecule has 0 bridgehead atoms. The Labute approximate surface area is 128 Å². The van der Waals surface area contributed by atoms with Gasteiger partial charge < -0.3 is 5.43 Å². The van der Waals surface area contributed by atoms with Crippen LogP contribution < -0.4 is 11.3 Å². The Morgan fingerprint density at radius 2 is 1.86 bits per heavy atom. The molecule has 70 valence electrons. The molecule has 0 atom stereocenters. The average Bonchev–Trinajstić information content (AvgIpc) is 2.20. The summed E-state index contributed by atoms with van der Waals surface area (Å²) in [6.45, 7) is 0. The molecule has 0 fully saturated rings. The monoisotopic (exact) mass is 252 g/mol. The number of carbonyl (C=O) groups excluding carboxylic acids is 1. The summed E-state index contributed by atoms with van der Waals surface area (Å²) in [6.07, 6.45) is 0. The third kappa shape index (κ3) is 8.07. The first-order valence-corrected chi connectivity index (χ1v) is 6.25. The molecule has 1 aromatic rings. The molecule has 3 nitrogen and oxygen atoms in total. The van der Waals surface area contributed by atoms with Gasteiger partial charge in [-0.3, -0.25) is 0 Å². The van der Waals surface area contributed by atoms with E-state index in [0.29, 0.717) is 4.20 Å². The zero-order valence-electron chi connectivity index (χ0n) is 7.73. The molecule has 1 aromatic carbocycles. The Hall–Kier alpha value is 0.726. The van der Waals surface area contributed by atoms with Crippen LogP contribution in [0.15, 0.2) is 30.3 Å². The zero-order chi connectivity index (χ0) is 11.0. The number of thiol groups is 1. The molecule has 3 N–H and O–H groups in total. The van der Waals surface area contributed by atoms with Crippen LogP contribution in [-0.2, 0) is 0 Å². The summed E-state index contributed by atoms with van der Waals surface area (Å²) in [7, 11) is 0. The number of hydrazine groups is 1. The summed E-state index contributed by atoms with van der Waals surface area (Å²) < 4.78 is 0.619. The van der Waals surface area contributed by atoms with Crippen LogP contribution in [0, 0.1) is 0 Å². The van der Waals surface area contributed by atoms with Crippen LogP contribution in [0.1, 0.15) is 10.4 Å². The molecule has 0 aromatic heterocycles. The van der Waals surface area contributed by atoms with Crippen LogP contribution >= 0.6 is 24.8 Å². The molecular formula is C8H9KN2OS2. The van der Waals surface area contributed by atoms with E-state index in [9.17, 15) is 4.79 Å². The van der Waals surface area contributed by atoms with Gasteiger partial charge in [0.2, 0.25) is 0 Å². The van der Waals surface area contributed by atoms with Gasteiger partial charge in [0, 0.05) is 0 Å². The van der Waals surface area contributed by atoms with Gasteiger partial charge in [-0.15, -0.1) is 12.6 Å². The van der Waals surface area contributed by atoms with Gasteiger partial charge in [0.1, 0.15) is 4.32 Å². The standard InChI is InChI=1S/C7H5O.CH4N2S2.K/c8-6-7-4-2-1-3-5-7;2-3-1(4)5;/h1-5H;2H2,(H2,3,4,5);. The molecule has 0 radical (unpaired) electrons. The molecule has 0 aliphatic carbocycles. The van der Waals surface area contributed by atoms with Crippen LogP contribution in [0.4, 0.5) is 0 Å². The van der Waals surface area contributed by atoms with Gasteiger partial charge in [-0.25, -0.2) is 5.84 Å². The van der Waals surface area contributed by atoms with Gasteiger partial charge >= 0.3 is 89.5 Å². The number of rotatable bonds is 1. The van der Waals surface area contributed by atoms with Crippen molar-refractivity contribution in [3.63, 3.8) is 0 Å². The molecular weight excluding hydrogens is 243 g/mol. The van der Waals surface area contributed by atoms with Gasteiger partial charge in [0.25, 0.3) is 0 Å². The molecule has 0 heterocycles. The fourth-order valence-electron chi connectivity index (χ4n) is 0.673. The fraction of sp³-hybridized carbons (Fsp3) is 0. The molecule has 1 rings (SSSR count). The maximum absolute atomic E-state index is 10.7. The van der Waals surface area contributed by atoms with Crippen molar-refractivity contribution in [2.75, 3.05) is 0 Å². The molecule has 6 heteroatoms. The summed E-state index contributed by atoms with van der Waals surface area (Å²) in [5, 5.41) is 0. The molecule has 14 heavy (non-hydrogen) atoms. The first-order chi connectivity index (χ1) is 6.57. The summed E-state index contributed by atoms with van der Waals surface area (Å²) in [5.41, 5.74) is 2.98. The van der Waals surface area contributed by atoms with Crippen molar-refractivity contribution in [1.82, 2.24) is 5.43 Å². The minimum atomic E-state index is 0.286. The van der Waals surface area contributed by atoms with E-state index in [4.69, 9.17) is 5.84 Å². The predicted molar refractivity (Wildman–Crippen MR) is 65.4 cm³/mol. The molecule has 0 saturated heterocycles. The quantitative estimate of drug-likeness (QED) is 0.226. The van der Waals surface area contributed by atoms with E-state index in [1.807, 2.05) is 30.3 Å². The number of benzene rings is 1. The van der Waals surface area contributed by atoms with Gasteiger partial charge in [-0.2, -0.15) is 0 Å². The Balaban J connectivity index is 0.000000292. The number of nitrogens with one attached hydrogen (secondary N) is 1. The summed E-state index contributed by atoms with van der Waals surface area (Å²) in [5.74, 6) is 4.70. The van der Waals surface area contributed by atoms with Crippen LogP contribution in [0.25, 0.3) is 0 Å². The van der Waals surface area contributed by atoms with Crippen molar-refractivity contribution in [2.45, 2.75) is 0 Å². The van der Waals surface area contributed by atoms with E-state index < -0.39 is 0 Å². The predicted octanol–water partition coefficient (Wildman–Crippen LogP) is 0.660. The summed E-state index contributed by atoms with van der Waals surface area (Å²) >= 11 is 8.20. The minimum absolute atomic E-state index is 0.286. The van der Waals surface area contributed by atoms with Crippen molar-refractivity contribution in [3.05, 3.63) is 35.9 Å². The Morgan fingerprint density at radius 1 is 1.43 bits per heavy atom.